The predicted octanol–water partition coefficient (Wildman–Crippen LogP) is 5.24. The Balaban J connectivity index is 2.26. The molecule has 1 aliphatic heterocycles. The van der Waals surface area contributed by atoms with Crippen LogP contribution in [0.4, 0.5) is 11.4 Å². The molecule has 1 atom stereocenters. The Bertz CT molecular complexity index is 664. The molecule has 0 aliphatic carbocycles. The van der Waals surface area contributed by atoms with Gasteiger partial charge in [-0.2, -0.15) is 0 Å². The van der Waals surface area contributed by atoms with Crippen LogP contribution in [0.5, 0.6) is 0 Å². The summed E-state index contributed by atoms with van der Waals surface area (Å²) in [5.41, 5.74) is 4.67. The number of aryl methyl sites for hydroxylation is 2. The van der Waals surface area contributed by atoms with Crippen LogP contribution in [0, 0.1) is 13.8 Å². The van der Waals surface area contributed by atoms with Gasteiger partial charge in [0.2, 0.25) is 6.17 Å². The summed E-state index contributed by atoms with van der Waals surface area (Å²) in [5.74, 6) is 0. The summed E-state index contributed by atoms with van der Waals surface area (Å²) >= 11 is 19.1. The first-order valence-electron chi connectivity index (χ1n) is 7.66. The Hall–Kier alpha value is -0.770. The fourth-order valence-electron chi connectivity index (χ4n) is 3.49. The van der Waals surface area contributed by atoms with E-state index in [4.69, 9.17) is 34.8 Å². The van der Waals surface area contributed by atoms with Crippen molar-refractivity contribution in [1.82, 2.24) is 9.80 Å². The van der Waals surface area contributed by atoms with E-state index in [1.54, 1.807) is 0 Å². The second-order valence-electron chi connectivity index (χ2n) is 6.17. The first-order chi connectivity index (χ1) is 10.8. The Kier molecular flexibility index (Phi) is 4.65. The summed E-state index contributed by atoms with van der Waals surface area (Å²) in [6.07, 6.45) is -0.337. The molecule has 0 spiro atoms. The monoisotopic (exact) mass is 369 g/mol. The van der Waals surface area contributed by atoms with Gasteiger partial charge < -0.3 is 0 Å². The lowest BCUT2D eigenvalue weighted by Gasteiger charge is -2.41. The molecule has 0 aromatic heterocycles. The van der Waals surface area contributed by atoms with Crippen molar-refractivity contribution in [2.75, 3.05) is 13.1 Å². The Labute approximate surface area is 152 Å². The number of hydrogen-bond acceptors (Lipinski definition) is 1. The molecular formula is C18H20Cl3N2+. The second-order valence-corrected chi connectivity index (χ2v) is 8.54. The third kappa shape index (κ3) is 3.11. The molecule has 1 saturated heterocycles. The van der Waals surface area contributed by atoms with Gasteiger partial charge in [0.15, 0.2) is 0 Å². The van der Waals surface area contributed by atoms with Crippen LogP contribution in [0.1, 0.15) is 11.1 Å². The number of nitrogens with zero attached hydrogens (tertiary/aromatic N) is 1. The standard InChI is InChI=1S/C18H20Cl3N2/c1-13-5-3-7-15(11-13)23(16-8-4-6-14(2)12-16)10-9-22-17(23)18(19,20)21/h3-8,11-12,17,22H,9-10H2,1-2H3/q+1. The lowest BCUT2D eigenvalue weighted by molar-refractivity contribution is 0.339. The van der Waals surface area contributed by atoms with Gasteiger partial charge in [-0.25, -0.2) is 4.48 Å². The number of benzene rings is 2. The molecule has 2 nitrogen and oxygen atoms in total. The van der Waals surface area contributed by atoms with Gasteiger partial charge >= 0.3 is 0 Å². The van der Waals surface area contributed by atoms with Gasteiger partial charge in [-0.1, -0.05) is 59.1 Å². The van der Waals surface area contributed by atoms with E-state index in [0.29, 0.717) is 4.48 Å². The van der Waals surface area contributed by atoms with Gasteiger partial charge in [-0.05, 0) is 37.1 Å². The van der Waals surface area contributed by atoms with E-state index in [-0.39, 0.29) is 6.17 Å². The highest BCUT2D eigenvalue weighted by atomic mass is 35.6. The third-order valence-corrected chi connectivity index (χ3v) is 5.10. The van der Waals surface area contributed by atoms with Crippen molar-refractivity contribution >= 4 is 46.2 Å². The Morgan fingerprint density at radius 2 is 1.48 bits per heavy atom. The molecule has 122 valence electrons. The van der Waals surface area contributed by atoms with E-state index in [9.17, 15) is 0 Å². The highest BCUT2D eigenvalue weighted by Crippen LogP contribution is 2.46. The van der Waals surface area contributed by atoms with Crippen molar-refractivity contribution in [2.45, 2.75) is 23.8 Å². The Morgan fingerprint density at radius 3 is 1.91 bits per heavy atom. The number of nitrogens with one attached hydrogen (secondary N) is 1. The summed E-state index contributed by atoms with van der Waals surface area (Å²) in [6, 6.07) is 16.9. The van der Waals surface area contributed by atoms with Crippen LogP contribution in [-0.2, 0) is 0 Å². The van der Waals surface area contributed by atoms with Gasteiger partial charge in [0.1, 0.15) is 17.9 Å². The fraction of sp³-hybridized carbons (Fsp3) is 0.333. The zero-order valence-electron chi connectivity index (χ0n) is 13.2. The number of hydrogen-bond donors (Lipinski definition) is 1. The molecule has 0 radical (unpaired) electrons. The number of quaternary nitrogens is 1. The van der Waals surface area contributed by atoms with Crippen LogP contribution in [0.3, 0.4) is 0 Å². The molecule has 0 bridgehead atoms. The van der Waals surface area contributed by atoms with Crippen molar-refractivity contribution in [1.29, 1.82) is 0 Å². The van der Waals surface area contributed by atoms with Crippen LogP contribution < -0.4 is 9.80 Å². The van der Waals surface area contributed by atoms with Crippen LogP contribution in [0.2, 0.25) is 0 Å². The predicted molar refractivity (Wildman–Crippen MR) is 101 cm³/mol. The Morgan fingerprint density at radius 1 is 0.957 bits per heavy atom. The molecule has 5 heteroatoms. The van der Waals surface area contributed by atoms with Crippen molar-refractivity contribution in [3.63, 3.8) is 0 Å². The maximum atomic E-state index is 6.36. The molecule has 1 unspecified atom stereocenters. The maximum absolute atomic E-state index is 6.36. The molecule has 1 N–H and O–H groups in total. The van der Waals surface area contributed by atoms with Crippen LogP contribution in [-0.4, -0.2) is 23.0 Å². The average Bonchev–Trinajstić information content (AvgIpc) is 2.93. The number of rotatable bonds is 2. The SMILES string of the molecule is Cc1cccc([N+]2(c3cccc(C)c3)CCNC2C(Cl)(Cl)Cl)c1. The van der Waals surface area contributed by atoms with Crippen LogP contribution in [0.25, 0.3) is 0 Å². The number of alkyl halides is 3. The van der Waals surface area contributed by atoms with Gasteiger partial charge in [0.25, 0.3) is 3.79 Å². The highest BCUT2D eigenvalue weighted by molar-refractivity contribution is 6.68. The van der Waals surface area contributed by atoms with E-state index in [0.717, 1.165) is 24.5 Å². The summed E-state index contributed by atoms with van der Waals surface area (Å²) in [6.45, 7) is 5.81. The lowest BCUT2D eigenvalue weighted by atomic mass is 10.1. The van der Waals surface area contributed by atoms with Gasteiger partial charge in [0.05, 0.1) is 6.54 Å². The normalized spacial score (nSPS) is 20.7. The van der Waals surface area contributed by atoms with Crippen molar-refractivity contribution < 1.29 is 0 Å². The zero-order valence-corrected chi connectivity index (χ0v) is 15.5. The molecule has 0 amide bonds. The summed E-state index contributed by atoms with van der Waals surface area (Å²) < 4.78 is -0.913. The summed E-state index contributed by atoms with van der Waals surface area (Å²) in [4.78, 5) is 0. The minimum absolute atomic E-state index is 0.337. The zero-order chi connectivity index (χ0) is 16.7. The third-order valence-electron chi connectivity index (χ3n) is 4.48. The molecule has 3 rings (SSSR count). The molecule has 23 heavy (non-hydrogen) atoms. The summed E-state index contributed by atoms with van der Waals surface area (Å²) in [5, 5.41) is 3.40. The molecule has 1 fully saturated rings. The van der Waals surface area contributed by atoms with Crippen molar-refractivity contribution in [2.24, 2.45) is 0 Å². The van der Waals surface area contributed by atoms with E-state index in [1.165, 1.54) is 11.1 Å². The van der Waals surface area contributed by atoms with E-state index >= 15 is 0 Å². The van der Waals surface area contributed by atoms with Crippen LogP contribution >= 0.6 is 34.8 Å². The quantitative estimate of drug-likeness (QED) is 0.563. The number of halogens is 3. The highest BCUT2D eigenvalue weighted by Gasteiger charge is 2.55. The average molecular weight is 371 g/mol. The van der Waals surface area contributed by atoms with E-state index in [2.05, 4.69) is 67.7 Å². The first kappa shape index (κ1) is 17.1. The van der Waals surface area contributed by atoms with Gasteiger partial charge in [0, 0.05) is 12.1 Å². The minimum Gasteiger partial charge on any atom is -0.258 e. The van der Waals surface area contributed by atoms with E-state index in [1.807, 2.05) is 0 Å². The maximum Gasteiger partial charge on any atom is 0.257 e. The molecule has 1 heterocycles. The largest absolute Gasteiger partial charge is 0.258 e. The lowest BCUT2D eigenvalue weighted by Crippen LogP contribution is -2.58. The fourth-order valence-corrected chi connectivity index (χ4v) is 4.22. The van der Waals surface area contributed by atoms with Gasteiger partial charge in [-0.15, -0.1) is 0 Å². The minimum atomic E-state index is -1.41. The molecule has 2 aromatic carbocycles. The second kappa shape index (κ2) is 6.27. The molecule has 0 saturated carbocycles. The molecule has 2 aromatic rings. The van der Waals surface area contributed by atoms with Crippen LogP contribution in [0.15, 0.2) is 48.5 Å². The molecular weight excluding hydrogens is 351 g/mol. The van der Waals surface area contributed by atoms with Gasteiger partial charge in [-0.3, -0.25) is 5.32 Å². The van der Waals surface area contributed by atoms with Crippen molar-refractivity contribution in [3.05, 3.63) is 59.7 Å². The topological polar surface area (TPSA) is 12.0 Å². The summed E-state index contributed by atoms with van der Waals surface area (Å²) in [7, 11) is 0. The van der Waals surface area contributed by atoms with E-state index < -0.39 is 3.79 Å². The van der Waals surface area contributed by atoms with Crippen molar-refractivity contribution in [3.8, 4) is 0 Å². The smallest absolute Gasteiger partial charge is 0.257 e. The first-order valence-corrected chi connectivity index (χ1v) is 8.80. The molecule has 1 aliphatic rings.